The molecule has 28 heavy (non-hydrogen) atoms. The Bertz CT molecular complexity index is 637. The number of nitrogens with one attached hydrogen (secondary N) is 2. The number of guanidine groups is 1. The first-order valence-electron chi connectivity index (χ1n) is 9.92. The molecule has 0 aliphatic rings. The summed E-state index contributed by atoms with van der Waals surface area (Å²) in [7, 11) is 0. The zero-order valence-electron chi connectivity index (χ0n) is 16.8. The van der Waals surface area contributed by atoms with Crippen LogP contribution in [-0.4, -0.2) is 43.8 Å². The molecule has 1 heterocycles. The lowest BCUT2D eigenvalue weighted by molar-refractivity contribution is 0.134. The van der Waals surface area contributed by atoms with Crippen molar-refractivity contribution in [1.29, 1.82) is 0 Å². The van der Waals surface area contributed by atoms with E-state index in [9.17, 15) is 0 Å². The van der Waals surface area contributed by atoms with Gasteiger partial charge in [0.1, 0.15) is 0 Å². The van der Waals surface area contributed by atoms with Gasteiger partial charge in [0, 0.05) is 44.6 Å². The van der Waals surface area contributed by atoms with Gasteiger partial charge in [-0.1, -0.05) is 36.4 Å². The van der Waals surface area contributed by atoms with Crippen molar-refractivity contribution in [3.05, 3.63) is 66.0 Å². The number of nitrogens with zero attached hydrogens (tertiary/aromatic N) is 2. The fourth-order valence-electron chi connectivity index (χ4n) is 2.64. The van der Waals surface area contributed by atoms with E-state index in [4.69, 9.17) is 4.74 Å². The zero-order valence-corrected chi connectivity index (χ0v) is 19.1. The molecule has 0 amide bonds. The molecule has 0 spiro atoms. The Morgan fingerprint density at radius 3 is 2.54 bits per heavy atom. The van der Waals surface area contributed by atoms with Crippen molar-refractivity contribution in [3.63, 3.8) is 0 Å². The Kier molecular flexibility index (Phi) is 14.2. The predicted molar refractivity (Wildman–Crippen MR) is 128 cm³/mol. The summed E-state index contributed by atoms with van der Waals surface area (Å²) in [4.78, 5) is 8.97. The van der Waals surface area contributed by atoms with Crippen molar-refractivity contribution >= 4 is 29.9 Å². The van der Waals surface area contributed by atoms with Crippen LogP contribution in [0, 0.1) is 0 Å². The van der Waals surface area contributed by atoms with Crippen LogP contribution in [0.1, 0.15) is 31.0 Å². The molecule has 1 aromatic heterocycles. The smallest absolute Gasteiger partial charge is 0.191 e. The summed E-state index contributed by atoms with van der Waals surface area (Å²) in [6.07, 6.45) is 5.76. The van der Waals surface area contributed by atoms with Gasteiger partial charge in [-0.05, 0) is 43.9 Å². The molecule has 0 fully saturated rings. The quantitative estimate of drug-likeness (QED) is 0.203. The summed E-state index contributed by atoms with van der Waals surface area (Å²) < 4.78 is 5.72. The van der Waals surface area contributed by atoms with Gasteiger partial charge in [0.15, 0.2) is 5.96 Å². The standard InChI is InChI=1S/C22H32N4O.HI/c1-2-23-22(26-17-13-21-12-6-7-15-24-21)25-16-8-9-18-27-19-14-20-10-4-3-5-11-20;/h3-7,10-12,15H,2,8-9,13-14,16-19H2,1H3,(H2,23,25,26);1H. The van der Waals surface area contributed by atoms with Gasteiger partial charge in [-0.25, -0.2) is 0 Å². The van der Waals surface area contributed by atoms with Crippen molar-refractivity contribution in [1.82, 2.24) is 15.6 Å². The average molecular weight is 496 g/mol. The fraction of sp³-hybridized carbons (Fsp3) is 0.455. The highest BCUT2D eigenvalue weighted by molar-refractivity contribution is 14.0. The van der Waals surface area contributed by atoms with Gasteiger partial charge in [-0.3, -0.25) is 9.98 Å². The molecule has 0 aliphatic heterocycles. The second-order valence-electron chi connectivity index (χ2n) is 6.31. The highest BCUT2D eigenvalue weighted by atomic mass is 127. The normalized spacial score (nSPS) is 11.0. The van der Waals surface area contributed by atoms with Crippen molar-refractivity contribution in [2.45, 2.75) is 32.6 Å². The van der Waals surface area contributed by atoms with Crippen LogP contribution in [0.2, 0.25) is 0 Å². The topological polar surface area (TPSA) is 58.5 Å². The Balaban J connectivity index is 0.00000392. The molecule has 0 saturated heterocycles. The molecular weight excluding hydrogens is 463 g/mol. The number of hydrogen-bond donors (Lipinski definition) is 2. The molecule has 1 aromatic carbocycles. The zero-order chi connectivity index (χ0) is 19.0. The van der Waals surface area contributed by atoms with Crippen molar-refractivity contribution in [2.75, 3.05) is 32.8 Å². The summed E-state index contributed by atoms with van der Waals surface area (Å²) in [6, 6.07) is 16.5. The first-order valence-corrected chi connectivity index (χ1v) is 9.92. The van der Waals surface area contributed by atoms with Crippen LogP contribution in [0.25, 0.3) is 0 Å². The lowest BCUT2D eigenvalue weighted by Crippen LogP contribution is -2.38. The van der Waals surface area contributed by atoms with E-state index in [1.807, 2.05) is 30.5 Å². The minimum absolute atomic E-state index is 0. The highest BCUT2D eigenvalue weighted by Crippen LogP contribution is 2.00. The van der Waals surface area contributed by atoms with Gasteiger partial charge in [0.2, 0.25) is 0 Å². The van der Waals surface area contributed by atoms with Crippen LogP contribution in [0.3, 0.4) is 0 Å². The number of unbranched alkanes of at least 4 members (excludes halogenated alkanes) is 1. The molecule has 154 valence electrons. The van der Waals surface area contributed by atoms with E-state index in [1.54, 1.807) is 0 Å². The monoisotopic (exact) mass is 496 g/mol. The molecule has 0 atom stereocenters. The van der Waals surface area contributed by atoms with Crippen molar-refractivity contribution in [3.8, 4) is 0 Å². The first kappa shape index (κ1) is 24.4. The summed E-state index contributed by atoms with van der Waals surface area (Å²) in [5, 5.41) is 6.65. The molecule has 6 heteroatoms. The molecule has 0 saturated carbocycles. The van der Waals surface area contributed by atoms with E-state index in [-0.39, 0.29) is 24.0 Å². The van der Waals surface area contributed by atoms with E-state index in [1.165, 1.54) is 5.56 Å². The molecule has 0 bridgehead atoms. The number of benzene rings is 1. The maximum Gasteiger partial charge on any atom is 0.191 e. The van der Waals surface area contributed by atoms with E-state index in [0.717, 1.165) is 70.2 Å². The molecule has 0 unspecified atom stereocenters. The molecule has 2 rings (SSSR count). The maximum absolute atomic E-state index is 5.72. The minimum atomic E-state index is 0. The maximum atomic E-state index is 5.72. The van der Waals surface area contributed by atoms with E-state index >= 15 is 0 Å². The van der Waals surface area contributed by atoms with Crippen LogP contribution in [0.15, 0.2) is 59.7 Å². The largest absolute Gasteiger partial charge is 0.381 e. The molecule has 2 N–H and O–H groups in total. The molecular formula is C22H33IN4O. The van der Waals surface area contributed by atoms with Gasteiger partial charge in [0.25, 0.3) is 0 Å². The predicted octanol–water partition coefficient (Wildman–Crippen LogP) is 3.84. The number of ether oxygens (including phenoxy) is 1. The SMILES string of the molecule is CCNC(=NCCCCOCCc1ccccc1)NCCc1ccccn1.I. The van der Waals surface area contributed by atoms with Gasteiger partial charge < -0.3 is 15.4 Å². The van der Waals surface area contributed by atoms with Gasteiger partial charge in [-0.2, -0.15) is 0 Å². The number of pyridine rings is 1. The Morgan fingerprint density at radius 2 is 1.79 bits per heavy atom. The third kappa shape index (κ3) is 11.2. The summed E-state index contributed by atoms with van der Waals surface area (Å²) in [5.74, 6) is 0.874. The number of aliphatic imine (C=N–C) groups is 1. The second kappa shape index (κ2) is 16.3. The van der Waals surface area contributed by atoms with E-state index in [2.05, 4.69) is 51.8 Å². The van der Waals surface area contributed by atoms with Gasteiger partial charge in [-0.15, -0.1) is 24.0 Å². The van der Waals surface area contributed by atoms with Crippen LogP contribution >= 0.6 is 24.0 Å². The van der Waals surface area contributed by atoms with Crippen LogP contribution in [0.4, 0.5) is 0 Å². The number of hydrogen-bond acceptors (Lipinski definition) is 3. The molecule has 2 aromatic rings. The van der Waals surface area contributed by atoms with Crippen LogP contribution < -0.4 is 10.6 Å². The Hall–Kier alpha value is -1.67. The van der Waals surface area contributed by atoms with Crippen LogP contribution in [0.5, 0.6) is 0 Å². The van der Waals surface area contributed by atoms with Crippen molar-refractivity contribution in [2.24, 2.45) is 4.99 Å². The third-order valence-electron chi connectivity index (χ3n) is 4.09. The molecule has 0 radical (unpaired) electrons. The highest BCUT2D eigenvalue weighted by Gasteiger charge is 1.98. The second-order valence-corrected chi connectivity index (χ2v) is 6.31. The fourth-order valence-corrected chi connectivity index (χ4v) is 2.64. The van der Waals surface area contributed by atoms with E-state index < -0.39 is 0 Å². The number of aromatic nitrogens is 1. The van der Waals surface area contributed by atoms with Gasteiger partial charge >= 0.3 is 0 Å². The molecule has 0 aliphatic carbocycles. The van der Waals surface area contributed by atoms with Gasteiger partial charge in [0.05, 0.1) is 6.61 Å². The lowest BCUT2D eigenvalue weighted by Gasteiger charge is -2.11. The molecule has 5 nitrogen and oxygen atoms in total. The van der Waals surface area contributed by atoms with Crippen molar-refractivity contribution < 1.29 is 4.74 Å². The third-order valence-corrected chi connectivity index (χ3v) is 4.09. The first-order chi connectivity index (χ1) is 13.4. The summed E-state index contributed by atoms with van der Waals surface area (Å²) >= 11 is 0. The minimum Gasteiger partial charge on any atom is -0.381 e. The Labute approximate surface area is 186 Å². The number of halogens is 1. The summed E-state index contributed by atoms with van der Waals surface area (Å²) in [5.41, 5.74) is 2.42. The lowest BCUT2D eigenvalue weighted by atomic mass is 10.2. The summed E-state index contributed by atoms with van der Waals surface area (Å²) in [6.45, 7) is 6.15. The van der Waals surface area contributed by atoms with E-state index in [0.29, 0.717) is 0 Å². The van der Waals surface area contributed by atoms with Crippen LogP contribution in [-0.2, 0) is 17.6 Å². The number of rotatable bonds is 12. The average Bonchev–Trinajstić information content (AvgIpc) is 2.71. The Morgan fingerprint density at radius 1 is 0.964 bits per heavy atom.